The Morgan fingerprint density at radius 3 is 2.56 bits per heavy atom. The number of Topliss-reactive ketones (excluding diaryl/α,β-unsaturated/α-hetero) is 1. The van der Waals surface area contributed by atoms with E-state index in [2.05, 4.69) is 28.7 Å². The molecule has 0 bridgehead atoms. The molecule has 3 aromatic rings. The number of H-pyrrole nitrogens is 1. The SMILES string of the molecule is CC(C)C(=O)c1ccc2nc(-c3nc(N(C)C(C)C)cn3C)[nH]c2c1. The van der Waals surface area contributed by atoms with Crippen molar-refractivity contribution in [3.63, 3.8) is 0 Å². The molecule has 0 atom stereocenters. The van der Waals surface area contributed by atoms with E-state index in [1.54, 1.807) is 0 Å². The van der Waals surface area contributed by atoms with E-state index in [0.29, 0.717) is 17.4 Å². The number of aromatic amines is 1. The number of rotatable bonds is 5. The van der Waals surface area contributed by atoms with Crippen molar-refractivity contribution in [2.75, 3.05) is 11.9 Å². The highest BCUT2D eigenvalue weighted by Gasteiger charge is 2.17. The average molecular weight is 339 g/mol. The predicted octanol–water partition coefficient (Wildman–Crippen LogP) is 3.65. The number of aryl methyl sites for hydroxylation is 1. The Labute approximate surface area is 147 Å². The van der Waals surface area contributed by atoms with Gasteiger partial charge in [-0.1, -0.05) is 13.8 Å². The minimum Gasteiger partial charge on any atom is -0.356 e. The number of imidazole rings is 2. The van der Waals surface area contributed by atoms with Gasteiger partial charge in [-0.3, -0.25) is 4.79 Å². The van der Waals surface area contributed by atoms with Gasteiger partial charge < -0.3 is 14.5 Å². The van der Waals surface area contributed by atoms with Crippen molar-refractivity contribution in [2.24, 2.45) is 13.0 Å². The lowest BCUT2D eigenvalue weighted by molar-refractivity contribution is 0.0939. The zero-order chi connectivity index (χ0) is 18.3. The molecule has 0 spiro atoms. The van der Waals surface area contributed by atoms with E-state index in [1.807, 2.05) is 56.9 Å². The Morgan fingerprint density at radius 1 is 1.20 bits per heavy atom. The Morgan fingerprint density at radius 2 is 1.92 bits per heavy atom. The van der Waals surface area contributed by atoms with Crippen LogP contribution in [0.4, 0.5) is 5.82 Å². The van der Waals surface area contributed by atoms with E-state index in [0.717, 1.165) is 22.7 Å². The minimum absolute atomic E-state index is 0.0245. The molecule has 6 nitrogen and oxygen atoms in total. The maximum atomic E-state index is 12.2. The van der Waals surface area contributed by atoms with Crippen molar-refractivity contribution in [2.45, 2.75) is 33.7 Å². The molecule has 0 aliphatic rings. The molecule has 0 saturated heterocycles. The largest absolute Gasteiger partial charge is 0.356 e. The third-order valence-electron chi connectivity index (χ3n) is 4.50. The molecule has 0 aliphatic carbocycles. The number of nitrogens with zero attached hydrogens (tertiary/aromatic N) is 4. The number of benzene rings is 1. The molecular weight excluding hydrogens is 314 g/mol. The number of anilines is 1. The number of aromatic nitrogens is 4. The van der Waals surface area contributed by atoms with E-state index in [9.17, 15) is 4.79 Å². The fourth-order valence-corrected chi connectivity index (χ4v) is 2.71. The van der Waals surface area contributed by atoms with Crippen LogP contribution in [0.1, 0.15) is 38.1 Å². The van der Waals surface area contributed by atoms with Gasteiger partial charge in [0.2, 0.25) is 0 Å². The van der Waals surface area contributed by atoms with Gasteiger partial charge in [0.1, 0.15) is 5.82 Å². The van der Waals surface area contributed by atoms with E-state index < -0.39 is 0 Å². The van der Waals surface area contributed by atoms with Crippen LogP contribution in [0.25, 0.3) is 22.7 Å². The van der Waals surface area contributed by atoms with Crippen molar-refractivity contribution in [3.05, 3.63) is 30.0 Å². The van der Waals surface area contributed by atoms with Crippen LogP contribution < -0.4 is 4.90 Å². The Hall–Kier alpha value is -2.63. The average Bonchev–Trinajstić information content (AvgIpc) is 3.15. The van der Waals surface area contributed by atoms with Crippen LogP contribution in [-0.4, -0.2) is 38.4 Å². The van der Waals surface area contributed by atoms with Gasteiger partial charge in [0.15, 0.2) is 17.4 Å². The second kappa shape index (κ2) is 6.35. The van der Waals surface area contributed by atoms with Crippen LogP contribution in [0, 0.1) is 5.92 Å². The Bertz CT molecular complexity index is 919. The first kappa shape index (κ1) is 17.2. The van der Waals surface area contributed by atoms with E-state index in [1.165, 1.54) is 0 Å². The minimum atomic E-state index is -0.0245. The molecule has 2 heterocycles. The second-order valence-corrected chi connectivity index (χ2v) is 7.07. The van der Waals surface area contributed by atoms with Gasteiger partial charge in [0.25, 0.3) is 0 Å². The molecule has 0 unspecified atom stereocenters. The van der Waals surface area contributed by atoms with Crippen LogP contribution in [0.5, 0.6) is 0 Å². The number of nitrogens with one attached hydrogen (secondary N) is 1. The van der Waals surface area contributed by atoms with Gasteiger partial charge in [0.05, 0.1) is 11.0 Å². The summed E-state index contributed by atoms with van der Waals surface area (Å²) in [4.78, 5) is 27.0. The molecular formula is C19H25N5O. The predicted molar refractivity (Wildman–Crippen MR) is 101 cm³/mol. The molecule has 3 rings (SSSR count). The summed E-state index contributed by atoms with van der Waals surface area (Å²) < 4.78 is 1.96. The molecule has 0 saturated carbocycles. The molecule has 132 valence electrons. The zero-order valence-corrected chi connectivity index (χ0v) is 15.7. The third-order valence-corrected chi connectivity index (χ3v) is 4.50. The smallest absolute Gasteiger partial charge is 0.178 e. The van der Waals surface area contributed by atoms with Gasteiger partial charge in [-0.2, -0.15) is 0 Å². The van der Waals surface area contributed by atoms with Gasteiger partial charge >= 0.3 is 0 Å². The maximum Gasteiger partial charge on any atom is 0.178 e. The summed E-state index contributed by atoms with van der Waals surface area (Å²) in [5, 5.41) is 0. The molecule has 25 heavy (non-hydrogen) atoms. The van der Waals surface area contributed by atoms with Crippen molar-refractivity contribution >= 4 is 22.6 Å². The standard InChI is InChI=1S/C19H25N5O/c1-11(2)17(25)13-7-8-14-15(9-13)21-18(20-14)19-22-16(10-23(19)5)24(6)12(3)4/h7-12H,1-6H3,(H,20,21). The van der Waals surface area contributed by atoms with E-state index in [-0.39, 0.29) is 11.7 Å². The number of hydrogen-bond acceptors (Lipinski definition) is 4. The number of carbonyl (C=O) groups excluding carboxylic acids is 1. The number of fused-ring (bicyclic) bond motifs is 1. The summed E-state index contributed by atoms with van der Waals surface area (Å²) in [6, 6.07) is 5.96. The van der Waals surface area contributed by atoms with E-state index in [4.69, 9.17) is 4.98 Å². The fourth-order valence-electron chi connectivity index (χ4n) is 2.71. The van der Waals surface area contributed by atoms with E-state index >= 15 is 0 Å². The zero-order valence-electron chi connectivity index (χ0n) is 15.7. The van der Waals surface area contributed by atoms with Crippen LogP contribution in [0.2, 0.25) is 0 Å². The maximum absolute atomic E-state index is 12.2. The number of ketones is 1. The summed E-state index contributed by atoms with van der Waals surface area (Å²) in [5.41, 5.74) is 2.39. The Kier molecular flexibility index (Phi) is 4.37. The van der Waals surface area contributed by atoms with Crippen molar-refractivity contribution < 1.29 is 4.79 Å². The topological polar surface area (TPSA) is 66.8 Å². The molecule has 0 fully saturated rings. The second-order valence-electron chi connectivity index (χ2n) is 7.07. The fraction of sp³-hybridized carbons (Fsp3) is 0.421. The molecule has 1 aromatic carbocycles. The molecule has 0 radical (unpaired) electrons. The summed E-state index contributed by atoms with van der Waals surface area (Å²) in [6.07, 6.45) is 2.00. The highest BCUT2D eigenvalue weighted by Crippen LogP contribution is 2.24. The highest BCUT2D eigenvalue weighted by atomic mass is 16.1. The lowest BCUT2D eigenvalue weighted by Crippen LogP contribution is -2.25. The summed E-state index contributed by atoms with van der Waals surface area (Å²) in [7, 11) is 3.99. The first-order valence-corrected chi connectivity index (χ1v) is 8.58. The monoisotopic (exact) mass is 339 g/mol. The van der Waals surface area contributed by atoms with Crippen molar-refractivity contribution in [1.82, 2.24) is 19.5 Å². The number of carbonyl (C=O) groups is 1. The molecule has 0 aliphatic heterocycles. The van der Waals surface area contributed by atoms with Crippen LogP contribution in [0.3, 0.4) is 0 Å². The molecule has 1 N–H and O–H groups in total. The van der Waals surface area contributed by atoms with Crippen LogP contribution >= 0.6 is 0 Å². The lowest BCUT2D eigenvalue weighted by Gasteiger charge is -2.20. The normalized spacial score (nSPS) is 11.7. The first-order valence-electron chi connectivity index (χ1n) is 8.58. The summed E-state index contributed by atoms with van der Waals surface area (Å²) in [5.74, 6) is 2.49. The van der Waals surface area contributed by atoms with Gasteiger partial charge in [-0.05, 0) is 32.0 Å². The van der Waals surface area contributed by atoms with Gasteiger partial charge in [0, 0.05) is 37.8 Å². The number of hydrogen-bond donors (Lipinski definition) is 1. The third kappa shape index (κ3) is 3.16. The Balaban J connectivity index is 2.01. The summed E-state index contributed by atoms with van der Waals surface area (Å²) in [6.45, 7) is 8.07. The molecule has 2 aromatic heterocycles. The first-order chi connectivity index (χ1) is 11.8. The van der Waals surface area contributed by atoms with Crippen LogP contribution in [0.15, 0.2) is 24.4 Å². The lowest BCUT2D eigenvalue weighted by atomic mass is 10.0. The summed E-state index contributed by atoms with van der Waals surface area (Å²) >= 11 is 0. The van der Waals surface area contributed by atoms with Gasteiger partial charge in [-0.25, -0.2) is 9.97 Å². The molecule has 0 amide bonds. The van der Waals surface area contributed by atoms with Crippen LogP contribution in [-0.2, 0) is 7.05 Å². The van der Waals surface area contributed by atoms with Gasteiger partial charge in [-0.15, -0.1) is 0 Å². The van der Waals surface area contributed by atoms with Crippen molar-refractivity contribution in [3.8, 4) is 11.6 Å². The van der Waals surface area contributed by atoms with Crippen molar-refractivity contribution in [1.29, 1.82) is 0 Å². The highest BCUT2D eigenvalue weighted by molar-refractivity contribution is 6.00. The quantitative estimate of drug-likeness (QED) is 0.721. The molecule has 6 heteroatoms.